The van der Waals surface area contributed by atoms with Crippen LogP contribution in [0.4, 0.5) is 0 Å². The van der Waals surface area contributed by atoms with E-state index in [0.717, 1.165) is 50.9 Å². The summed E-state index contributed by atoms with van der Waals surface area (Å²) in [7, 11) is 1.88. The second kappa shape index (κ2) is 11.3. The van der Waals surface area contributed by atoms with Crippen molar-refractivity contribution in [3.8, 4) is 0 Å². The molecule has 1 saturated carbocycles. The maximum absolute atomic E-state index is 4.44. The summed E-state index contributed by atoms with van der Waals surface area (Å²) in [5, 5.41) is 7.13. The van der Waals surface area contributed by atoms with Crippen molar-refractivity contribution >= 4 is 5.96 Å². The summed E-state index contributed by atoms with van der Waals surface area (Å²) < 4.78 is 0. The van der Waals surface area contributed by atoms with E-state index in [0.29, 0.717) is 6.04 Å². The van der Waals surface area contributed by atoms with E-state index in [1.807, 2.05) is 19.3 Å². The van der Waals surface area contributed by atoms with Crippen molar-refractivity contribution in [2.45, 2.75) is 70.4 Å². The van der Waals surface area contributed by atoms with Crippen LogP contribution in [-0.4, -0.2) is 48.6 Å². The van der Waals surface area contributed by atoms with Crippen LogP contribution >= 0.6 is 0 Å². The Kier molecular flexibility index (Phi) is 8.40. The fourth-order valence-corrected chi connectivity index (χ4v) is 4.41. The summed E-state index contributed by atoms with van der Waals surface area (Å²) in [4.78, 5) is 11.4. The van der Waals surface area contributed by atoms with Gasteiger partial charge in [0.1, 0.15) is 0 Å². The van der Waals surface area contributed by atoms with E-state index in [4.69, 9.17) is 0 Å². The van der Waals surface area contributed by atoms with Gasteiger partial charge in [0.05, 0.1) is 5.69 Å². The molecule has 5 nitrogen and oxygen atoms in total. The molecule has 0 spiro atoms. The molecule has 3 rings (SSSR count). The molecule has 2 N–H and O–H groups in total. The monoisotopic (exact) mass is 371 g/mol. The highest BCUT2D eigenvalue weighted by atomic mass is 15.2. The standard InChI is InChI=1S/C22H37N5/c1-23-22(25-15-6-4-10-19-8-2-3-9-19)26-20-12-16-27(17-13-20)18-21-11-5-7-14-24-21/h5,7,11,14,19-20H,2-4,6,8-10,12-13,15-18H2,1H3,(H2,23,25,26). The van der Waals surface area contributed by atoms with Crippen LogP contribution in [0.5, 0.6) is 0 Å². The summed E-state index contributed by atoms with van der Waals surface area (Å²) in [6.07, 6.45) is 14.1. The molecular formula is C22H37N5. The van der Waals surface area contributed by atoms with Gasteiger partial charge in [0.15, 0.2) is 5.96 Å². The molecule has 0 aromatic carbocycles. The molecule has 0 bridgehead atoms. The van der Waals surface area contributed by atoms with Crippen molar-refractivity contribution in [3.05, 3.63) is 30.1 Å². The Morgan fingerprint density at radius 2 is 1.96 bits per heavy atom. The number of hydrogen-bond donors (Lipinski definition) is 2. The second-order valence-electron chi connectivity index (χ2n) is 8.16. The molecular weight excluding hydrogens is 334 g/mol. The van der Waals surface area contributed by atoms with Crippen LogP contribution in [-0.2, 0) is 6.54 Å². The highest BCUT2D eigenvalue weighted by Crippen LogP contribution is 2.28. The van der Waals surface area contributed by atoms with Crippen LogP contribution in [0.2, 0.25) is 0 Å². The average Bonchev–Trinajstić information content (AvgIpc) is 3.22. The van der Waals surface area contributed by atoms with Crippen LogP contribution in [0.25, 0.3) is 0 Å². The highest BCUT2D eigenvalue weighted by Gasteiger charge is 2.20. The average molecular weight is 372 g/mol. The number of nitrogens with zero attached hydrogens (tertiary/aromatic N) is 3. The van der Waals surface area contributed by atoms with Crippen LogP contribution in [0.15, 0.2) is 29.4 Å². The topological polar surface area (TPSA) is 52.6 Å². The van der Waals surface area contributed by atoms with E-state index in [2.05, 4.69) is 37.6 Å². The summed E-state index contributed by atoms with van der Waals surface area (Å²) in [5.74, 6) is 1.98. The fourth-order valence-electron chi connectivity index (χ4n) is 4.41. The van der Waals surface area contributed by atoms with Crippen molar-refractivity contribution in [2.24, 2.45) is 10.9 Å². The van der Waals surface area contributed by atoms with Gasteiger partial charge in [-0.05, 0) is 37.3 Å². The molecule has 150 valence electrons. The van der Waals surface area contributed by atoms with Gasteiger partial charge in [-0.15, -0.1) is 0 Å². The van der Waals surface area contributed by atoms with E-state index >= 15 is 0 Å². The third kappa shape index (κ3) is 7.13. The Morgan fingerprint density at radius 1 is 1.15 bits per heavy atom. The molecule has 1 aliphatic carbocycles. The minimum atomic E-state index is 0.523. The van der Waals surface area contributed by atoms with Gasteiger partial charge in [-0.1, -0.05) is 44.6 Å². The predicted octanol–water partition coefficient (Wildman–Crippen LogP) is 3.57. The number of aliphatic imine (C=N–C) groups is 1. The SMILES string of the molecule is CN=C(NCCCCC1CCCC1)NC1CCN(Cc2ccccn2)CC1. The molecule has 0 atom stereocenters. The smallest absolute Gasteiger partial charge is 0.191 e. The molecule has 27 heavy (non-hydrogen) atoms. The number of likely N-dealkylation sites (tertiary alicyclic amines) is 1. The van der Waals surface area contributed by atoms with Crippen LogP contribution in [0.3, 0.4) is 0 Å². The van der Waals surface area contributed by atoms with Gasteiger partial charge in [0.2, 0.25) is 0 Å². The highest BCUT2D eigenvalue weighted by molar-refractivity contribution is 5.79. The third-order valence-electron chi connectivity index (χ3n) is 6.07. The molecule has 0 radical (unpaired) electrons. The minimum Gasteiger partial charge on any atom is -0.356 e. The normalized spacial score (nSPS) is 20.1. The molecule has 0 unspecified atom stereocenters. The Bertz CT molecular complexity index is 545. The van der Waals surface area contributed by atoms with Gasteiger partial charge in [-0.3, -0.25) is 14.9 Å². The number of rotatable bonds is 8. The van der Waals surface area contributed by atoms with Gasteiger partial charge in [0.25, 0.3) is 0 Å². The molecule has 5 heteroatoms. The first kappa shape index (κ1) is 20.1. The Hall–Kier alpha value is -1.62. The summed E-state index contributed by atoms with van der Waals surface area (Å²) in [6, 6.07) is 6.69. The summed E-state index contributed by atoms with van der Waals surface area (Å²) >= 11 is 0. The Morgan fingerprint density at radius 3 is 2.67 bits per heavy atom. The molecule has 2 fully saturated rings. The molecule has 1 aromatic heterocycles. The van der Waals surface area contributed by atoms with Gasteiger partial charge in [-0.2, -0.15) is 0 Å². The van der Waals surface area contributed by atoms with Crippen LogP contribution in [0.1, 0.15) is 63.5 Å². The number of pyridine rings is 1. The first-order valence-electron chi connectivity index (χ1n) is 10.9. The third-order valence-corrected chi connectivity index (χ3v) is 6.07. The van der Waals surface area contributed by atoms with Crippen molar-refractivity contribution in [1.82, 2.24) is 20.5 Å². The molecule has 1 saturated heterocycles. The Balaban J connectivity index is 1.27. The molecule has 2 heterocycles. The zero-order valence-corrected chi connectivity index (χ0v) is 17.0. The largest absolute Gasteiger partial charge is 0.356 e. The Labute approximate surface area is 165 Å². The lowest BCUT2D eigenvalue weighted by Crippen LogP contribution is -2.48. The molecule has 1 aliphatic heterocycles. The summed E-state index contributed by atoms with van der Waals surface area (Å²) in [5.41, 5.74) is 1.17. The van der Waals surface area contributed by atoms with E-state index in [-0.39, 0.29) is 0 Å². The van der Waals surface area contributed by atoms with Gasteiger partial charge >= 0.3 is 0 Å². The first-order valence-corrected chi connectivity index (χ1v) is 10.9. The number of guanidine groups is 1. The lowest BCUT2D eigenvalue weighted by Gasteiger charge is -2.32. The zero-order chi connectivity index (χ0) is 18.7. The quantitative estimate of drug-likeness (QED) is 0.417. The molecule has 2 aliphatic rings. The minimum absolute atomic E-state index is 0.523. The lowest BCUT2D eigenvalue weighted by atomic mass is 10.0. The van der Waals surface area contributed by atoms with E-state index in [9.17, 15) is 0 Å². The van der Waals surface area contributed by atoms with E-state index < -0.39 is 0 Å². The van der Waals surface area contributed by atoms with Gasteiger partial charge in [-0.25, -0.2) is 0 Å². The summed E-state index contributed by atoms with van der Waals surface area (Å²) in [6.45, 7) is 4.23. The fraction of sp³-hybridized carbons (Fsp3) is 0.727. The zero-order valence-electron chi connectivity index (χ0n) is 17.0. The lowest BCUT2D eigenvalue weighted by molar-refractivity contribution is 0.196. The number of unbranched alkanes of at least 4 members (excludes halogenated alkanes) is 1. The molecule has 0 amide bonds. The van der Waals surface area contributed by atoms with Gasteiger partial charge in [0, 0.05) is 45.5 Å². The number of hydrogen-bond acceptors (Lipinski definition) is 3. The van der Waals surface area contributed by atoms with Crippen molar-refractivity contribution in [2.75, 3.05) is 26.7 Å². The van der Waals surface area contributed by atoms with Crippen molar-refractivity contribution < 1.29 is 0 Å². The maximum atomic E-state index is 4.44. The van der Waals surface area contributed by atoms with E-state index in [1.54, 1.807) is 0 Å². The predicted molar refractivity (Wildman–Crippen MR) is 113 cm³/mol. The van der Waals surface area contributed by atoms with Gasteiger partial charge < -0.3 is 10.6 Å². The maximum Gasteiger partial charge on any atom is 0.191 e. The van der Waals surface area contributed by atoms with Crippen molar-refractivity contribution in [3.63, 3.8) is 0 Å². The first-order chi connectivity index (χ1) is 13.3. The van der Waals surface area contributed by atoms with Crippen molar-refractivity contribution in [1.29, 1.82) is 0 Å². The number of nitrogens with one attached hydrogen (secondary N) is 2. The van der Waals surface area contributed by atoms with E-state index in [1.165, 1.54) is 50.6 Å². The number of piperidine rings is 1. The molecule has 1 aromatic rings. The number of aromatic nitrogens is 1. The van der Waals surface area contributed by atoms with Crippen LogP contribution in [0, 0.1) is 5.92 Å². The van der Waals surface area contributed by atoms with Crippen LogP contribution < -0.4 is 10.6 Å². The second-order valence-corrected chi connectivity index (χ2v) is 8.16.